The normalized spacial score (nSPS) is 10.2. The number of carboxylic acid groups (broad SMARTS) is 1. The second-order valence-corrected chi connectivity index (χ2v) is 5.24. The molecule has 0 spiro atoms. The van der Waals surface area contributed by atoms with Crippen molar-refractivity contribution in [3.05, 3.63) is 61.6 Å². The molecule has 6 nitrogen and oxygen atoms in total. The molecule has 2 aromatic rings. The Morgan fingerprint density at radius 3 is 2.57 bits per heavy atom. The third-order valence-electron chi connectivity index (χ3n) is 2.52. The Hall–Kier alpha value is -2.12. The van der Waals surface area contributed by atoms with Gasteiger partial charge in [-0.2, -0.15) is 0 Å². The Bertz CT molecular complexity index is 734. The van der Waals surface area contributed by atoms with Crippen molar-refractivity contribution < 1.29 is 19.6 Å². The summed E-state index contributed by atoms with van der Waals surface area (Å²) in [4.78, 5) is 21.2. The molecule has 0 fully saturated rings. The maximum Gasteiger partial charge on any atom is 0.339 e. The Morgan fingerprint density at radius 2 is 2.00 bits per heavy atom. The quantitative estimate of drug-likeness (QED) is 0.630. The van der Waals surface area contributed by atoms with Crippen molar-refractivity contribution in [1.82, 2.24) is 0 Å². The van der Waals surface area contributed by atoms with Gasteiger partial charge in [-0.3, -0.25) is 10.1 Å². The van der Waals surface area contributed by atoms with E-state index in [1.165, 1.54) is 30.3 Å². The number of carbonyl (C=O) groups is 1. The number of hydrogen-bond acceptors (Lipinski definition) is 4. The molecule has 108 valence electrons. The maximum absolute atomic E-state index is 11.2. The first-order chi connectivity index (χ1) is 9.88. The van der Waals surface area contributed by atoms with Crippen LogP contribution in [0.5, 0.6) is 11.5 Å². The predicted molar refractivity (Wildman–Crippen MR) is 79.3 cm³/mol. The van der Waals surface area contributed by atoms with E-state index in [-0.39, 0.29) is 27.8 Å². The van der Waals surface area contributed by atoms with E-state index in [1.807, 2.05) is 0 Å². The van der Waals surface area contributed by atoms with Crippen molar-refractivity contribution in [3.63, 3.8) is 0 Å². The maximum atomic E-state index is 11.2. The van der Waals surface area contributed by atoms with E-state index in [9.17, 15) is 14.9 Å². The van der Waals surface area contributed by atoms with Crippen LogP contribution >= 0.6 is 27.5 Å². The van der Waals surface area contributed by atoms with Gasteiger partial charge >= 0.3 is 5.97 Å². The molecule has 0 heterocycles. The van der Waals surface area contributed by atoms with E-state index in [1.54, 1.807) is 6.07 Å². The lowest BCUT2D eigenvalue weighted by Crippen LogP contribution is -2.00. The molecule has 0 amide bonds. The molecule has 0 bridgehead atoms. The Labute approximate surface area is 132 Å². The number of halogens is 2. The van der Waals surface area contributed by atoms with Crippen molar-refractivity contribution >= 4 is 39.2 Å². The summed E-state index contributed by atoms with van der Waals surface area (Å²) in [5, 5.41) is 19.7. The summed E-state index contributed by atoms with van der Waals surface area (Å²) in [6, 6.07) is 8.28. The SMILES string of the molecule is O=C(O)c1cc(Br)ccc1Oc1ccc([N+](=O)[O-])c(Cl)c1. The number of carboxylic acids is 1. The van der Waals surface area contributed by atoms with Crippen LogP contribution < -0.4 is 4.74 Å². The highest BCUT2D eigenvalue weighted by Crippen LogP contribution is 2.33. The van der Waals surface area contributed by atoms with Crippen molar-refractivity contribution in [2.24, 2.45) is 0 Å². The molecule has 2 rings (SSSR count). The average molecular weight is 373 g/mol. The number of benzene rings is 2. The number of aromatic carboxylic acids is 1. The summed E-state index contributed by atoms with van der Waals surface area (Å²) in [6.07, 6.45) is 0. The number of nitrogens with zero attached hydrogens (tertiary/aromatic N) is 1. The largest absolute Gasteiger partial charge is 0.478 e. The summed E-state index contributed by atoms with van der Waals surface area (Å²) < 4.78 is 6.02. The van der Waals surface area contributed by atoms with Crippen LogP contribution in [0, 0.1) is 10.1 Å². The third-order valence-corrected chi connectivity index (χ3v) is 3.31. The van der Waals surface area contributed by atoms with Crippen LogP contribution in [0.4, 0.5) is 5.69 Å². The molecule has 0 atom stereocenters. The first-order valence-corrected chi connectivity index (χ1v) is 6.70. The van der Waals surface area contributed by atoms with E-state index < -0.39 is 10.9 Å². The van der Waals surface area contributed by atoms with Crippen LogP contribution in [0.3, 0.4) is 0 Å². The topological polar surface area (TPSA) is 89.7 Å². The van der Waals surface area contributed by atoms with Crippen molar-refractivity contribution in [3.8, 4) is 11.5 Å². The zero-order valence-corrected chi connectivity index (χ0v) is 12.6. The lowest BCUT2D eigenvalue weighted by molar-refractivity contribution is -0.384. The first-order valence-electron chi connectivity index (χ1n) is 5.53. The highest BCUT2D eigenvalue weighted by molar-refractivity contribution is 9.10. The van der Waals surface area contributed by atoms with E-state index in [4.69, 9.17) is 21.4 Å². The van der Waals surface area contributed by atoms with E-state index in [0.29, 0.717) is 4.47 Å². The second-order valence-electron chi connectivity index (χ2n) is 3.92. The minimum Gasteiger partial charge on any atom is -0.478 e. The Kier molecular flexibility index (Phi) is 4.44. The lowest BCUT2D eigenvalue weighted by atomic mass is 10.2. The first kappa shape index (κ1) is 15.3. The van der Waals surface area contributed by atoms with Crippen LogP contribution in [-0.2, 0) is 0 Å². The summed E-state index contributed by atoms with van der Waals surface area (Å²) in [5.41, 5.74) is -0.294. The molecule has 0 aliphatic rings. The lowest BCUT2D eigenvalue weighted by Gasteiger charge is -2.09. The Morgan fingerprint density at radius 1 is 1.29 bits per heavy atom. The molecule has 21 heavy (non-hydrogen) atoms. The highest BCUT2D eigenvalue weighted by atomic mass is 79.9. The van der Waals surface area contributed by atoms with E-state index >= 15 is 0 Å². The summed E-state index contributed by atoms with van der Waals surface area (Å²) in [5.74, 6) is -0.842. The van der Waals surface area contributed by atoms with Gasteiger partial charge in [0.1, 0.15) is 22.1 Å². The van der Waals surface area contributed by atoms with Gasteiger partial charge in [0.15, 0.2) is 0 Å². The van der Waals surface area contributed by atoms with Crippen molar-refractivity contribution in [2.45, 2.75) is 0 Å². The van der Waals surface area contributed by atoms with Gasteiger partial charge in [-0.1, -0.05) is 27.5 Å². The van der Waals surface area contributed by atoms with Crippen LogP contribution in [0.15, 0.2) is 40.9 Å². The van der Waals surface area contributed by atoms with Gasteiger partial charge < -0.3 is 9.84 Å². The number of nitro groups is 1. The molecule has 2 aromatic carbocycles. The number of nitro benzene ring substituents is 1. The minimum absolute atomic E-state index is 0.0427. The molecule has 0 saturated heterocycles. The molecule has 1 N–H and O–H groups in total. The van der Waals surface area contributed by atoms with Crippen molar-refractivity contribution in [2.75, 3.05) is 0 Å². The fourth-order valence-electron chi connectivity index (χ4n) is 1.58. The van der Waals surface area contributed by atoms with Crippen LogP contribution in [-0.4, -0.2) is 16.0 Å². The van der Waals surface area contributed by atoms with Gasteiger partial charge in [-0.15, -0.1) is 0 Å². The highest BCUT2D eigenvalue weighted by Gasteiger charge is 2.16. The van der Waals surface area contributed by atoms with Gasteiger partial charge in [-0.05, 0) is 24.3 Å². The Balaban J connectivity index is 2.37. The van der Waals surface area contributed by atoms with Crippen LogP contribution in [0.25, 0.3) is 0 Å². The van der Waals surface area contributed by atoms with Gasteiger partial charge in [-0.25, -0.2) is 4.79 Å². The fraction of sp³-hybridized carbons (Fsp3) is 0. The van der Waals surface area contributed by atoms with Gasteiger partial charge in [0.25, 0.3) is 5.69 Å². The second kappa shape index (κ2) is 6.11. The van der Waals surface area contributed by atoms with E-state index in [0.717, 1.165) is 0 Å². The van der Waals surface area contributed by atoms with Crippen LogP contribution in [0.2, 0.25) is 5.02 Å². The monoisotopic (exact) mass is 371 g/mol. The fourth-order valence-corrected chi connectivity index (χ4v) is 2.19. The van der Waals surface area contributed by atoms with Gasteiger partial charge in [0.05, 0.1) is 4.92 Å². The summed E-state index contributed by atoms with van der Waals surface area (Å²) in [7, 11) is 0. The zero-order valence-electron chi connectivity index (χ0n) is 10.2. The van der Waals surface area contributed by atoms with Crippen LogP contribution in [0.1, 0.15) is 10.4 Å². The zero-order chi connectivity index (χ0) is 15.6. The van der Waals surface area contributed by atoms with E-state index in [2.05, 4.69) is 15.9 Å². The number of ether oxygens (including phenoxy) is 1. The minimum atomic E-state index is -1.15. The molecule has 0 saturated carbocycles. The standard InChI is InChI=1S/C13H7BrClNO5/c14-7-1-4-12(9(5-7)13(17)18)21-8-2-3-11(16(19)20)10(15)6-8/h1-6H,(H,17,18). The number of rotatable bonds is 4. The van der Waals surface area contributed by atoms with Gasteiger partial charge in [0, 0.05) is 16.6 Å². The molecule has 0 aromatic heterocycles. The van der Waals surface area contributed by atoms with Crippen molar-refractivity contribution in [1.29, 1.82) is 0 Å². The van der Waals surface area contributed by atoms with Gasteiger partial charge in [0.2, 0.25) is 0 Å². The predicted octanol–water partition coefficient (Wildman–Crippen LogP) is 4.50. The summed E-state index contributed by atoms with van der Waals surface area (Å²) in [6.45, 7) is 0. The third kappa shape index (κ3) is 3.50. The molecule has 0 radical (unpaired) electrons. The average Bonchev–Trinajstić information content (AvgIpc) is 2.40. The molecule has 0 aliphatic heterocycles. The summed E-state index contributed by atoms with van der Waals surface area (Å²) >= 11 is 8.94. The molecule has 0 unspecified atom stereocenters. The molecule has 8 heteroatoms. The number of hydrogen-bond donors (Lipinski definition) is 1. The molecular weight excluding hydrogens is 366 g/mol. The smallest absolute Gasteiger partial charge is 0.339 e. The molecule has 0 aliphatic carbocycles. The molecular formula is C13H7BrClNO5.